The smallest absolute Gasteiger partial charge is 0.165 e. The molecule has 1 aromatic heterocycles. The van der Waals surface area contributed by atoms with Gasteiger partial charge in [-0.1, -0.05) is 6.07 Å². The molecule has 0 radical (unpaired) electrons. The second kappa shape index (κ2) is 5.38. The third kappa shape index (κ3) is 2.58. The Morgan fingerprint density at radius 3 is 2.61 bits per heavy atom. The molecule has 1 N–H and O–H groups in total. The summed E-state index contributed by atoms with van der Waals surface area (Å²) in [5, 5.41) is 10.2. The van der Waals surface area contributed by atoms with E-state index in [0.717, 1.165) is 14.2 Å². The minimum atomic E-state index is -0.819. The maximum Gasteiger partial charge on any atom is 0.165 e. The number of halogens is 2. The molecule has 0 saturated carbocycles. The molecule has 1 heterocycles. The molecule has 0 spiro atoms. The number of aliphatic hydroxyl groups is 1. The van der Waals surface area contributed by atoms with E-state index in [-0.39, 0.29) is 5.75 Å². The van der Waals surface area contributed by atoms with Crippen molar-refractivity contribution in [3.05, 3.63) is 49.9 Å². The van der Waals surface area contributed by atoms with Crippen molar-refractivity contribution in [2.24, 2.45) is 0 Å². The maximum absolute atomic E-state index is 13.6. The van der Waals surface area contributed by atoms with Crippen molar-refractivity contribution in [2.75, 3.05) is 7.11 Å². The van der Waals surface area contributed by atoms with E-state index >= 15 is 0 Å². The van der Waals surface area contributed by atoms with Gasteiger partial charge in [0.25, 0.3) is 0 Å². The molecule has 1 unspecified atom stereocenters. The number of hydrogen-bond donors (Lipinski definition) is 1. The van der Waals surface area contributed by atoms with Gasteiger partial charge < -0.3 is 9.84 Å². The van der Waals surface area contributed by atoms with E-state index in [9.17, 15) is 9.50 Å². The number of benzene rings is 1. The van der Waals surface area contributed by atoms with Crippen molar-refractivity contribution >= 4 is 27.3 Å². The third-order valence-electron chi connectivity index (χ3n) is 2.64. The molecule has 0 saturated heterocycles. The van der Waals surface area contributed by atoms with E-state index in [1.165, 1.54) is 30.6 Å². The Labute approximate surface area is 117 Å². The van der Waals surface area contributed by atoms with Crippen molar-refractivity contribution < 1.29 is 14.2 Å². The number of thiophene rings is 1. The van der Waals surface area contributed by atoms with Crippen LogP contribution in [0.5, 0.6) is 5.75 Å². The molecule has 0 aliphatic carbocycles. The highest BCUT2D eigenvalue weighted by molar-refractivity contribution is 9.10. The molecule has 1 atom stereocenters. The largest absolute Gasteiger partial charge is 0.494 e. The summed E-state index contributed by atoms with van der Waals surface area (Å²) in [5.41, 5.74) is 0.516. The van der Waals surface area contributed by atoms with E-state index in [4.69, 9.17) is 4.74 Å². The average Bonchev–Trinajstić information content (AvgIpc) is 2.68. The van der Waals surface area contributed by atoms with Crippen LogP contribution in [0.4, 0.5) is 4.39 Å². The zero-order chi connectivity index (χ0) is 13.3. The normalized spacial score (nSPS) is 12.5. The van der Waals surface area contributed by atoms with E-state index < -0.39 is 11.9 Å². The van der Waals surface area contributed by atoms with Crippen LogP contribution < -0.4 is 4.74 Å². The molecule has 2 aromatic rings. The van der Waals surface area contributed by atoms with Crippen LogP contribution in [0, 0.1) is 12.7 Å². The molecule has 5 heteroatoms. The Kier molecular flexibility index (Phi) is 4.04. The second-order valence-electron chi connectivity index (χ2n) is 3.85. The molecular formula is C13H12BrFO2S. The Hall–Kier alpha value is -0.910. The van der Waals surface area contributed by atoms with Gasteiger partial charge in [-0.05, 0) is 46.6 Å². The minimum absolute atomic E-state index is 0.175. The van der Waals surface area contributed by atoms with Gasteiger partial charge in [0, 0.05) is 14.2 Å². The number of ether oxygens (including phenoxy) is 1. The van der Waals surface area contributed by atoms with Gasteiger partial charge in [-0.25, -0.2) is 4.39 Å². The van der Waals surface area contributed by atoms with Crippen LogP contribution in [0.25, 0.3) is 0 Å². The predicted octanol–water partition coefficient (Wildman–Crippen LogP) is 4.05. The molecular weight excluding hydrogens is 319 g/mol. The van der Waals surface area contributed by atoms with E-state index in [0.29, 0.717) is 5.56 Å². The first-order valence-corrected chi connectivity index (χ1v) is 6.91. The molecule has 0 bridgehead atoms. The number of methoxy groups -OCH3 is 1. The summed E-state index contributed by atoms with van der Waals surface area (Å²) in [4.78, 5) is 1.86. The molecule has 0 aliphatic heterocycles. The van der Waals surface area contributed by atoms with Crippen LogP contribution in [0.15, 0.2) is 28.7 Å². The first-order chi connectivity index (χ1) is 8.52. The highest BCUT2D eigenvalue weighted by atomic mass is 79.9. The van der Waals surface area contributed by atoms with Gasteiger partial charge in [0.15, 0.2) is 11.6 Å². The fourth-order valence-corrected chi connectivity index (χ4v) is 3.21. The highest BCUT2D eigenvalue weighted by Crippen LogP contribution is 2.34. The van der Waals surface area contributed by atoms with Gasteiger partial charge in [-0.2, -0.15) is 0 Å². The van der Waals surface area contributed by atoms with Crippen LogP contribution in [0.3, 0.4) is 0 Å². The molecule has 1 aromatic carbocycles. The Bertz CT molecular complexity index is 549. The van der Waals surface area contributed by atoms with Crippen molar-refractivity contribution in [1.29, 1.82) is 0 Å². The predicted molar refractivity (Wildman–Crippen MR) is 73.8 cm³/mol. The van der Waals surface area contributed by atoms with Crippen LogP contribution >= 0.6 is 27.3 Å². The summed E-state index contributed by atoms with van der Waals surface area (Å²) >= 11 is 4.88. The summed E-state index contributed by atoms with van der Waals surface area (Å²) < 4.78 is 19.4. The van der Waals surface area contributed by atoms with Crippen molar-refractivity contribution in [3.63, 3.8) is 0 Å². The van der Waals surface area contributed by atoms with Crippen LogP contribution in [-0.4, -0.2) is 12.2 Å². The van der Waals surface area contributed by atoms with Crippen LogP contribution in [-0.2, 0) is 0 Å². The molecule has 2 rings (SSSR count). The van der Waals surface area contributed by atoms with E-state index in [1.54, 1.807) is 6.07 Å². The van der Waals surface area contributed by atoms with Gasteiger partial charge in [0.05, 0.1) is 7.11 Å². The summed E-state index contributed by atoms with van der Waals surface area (Å²) in [6.07, 6.45) is -0.819. The van der Waals surface area contributed by atoms with E-state index in [1.807, 2.05) is 13.0 Å². The molecule has 96 valence electrons. The highest BCUT2D eigenvalue weighted by Gasteiger charge is 2.16. The first-order valence-electron chi connectivity index (χ1n) is 5.30. The average molecular weight is 331 g/mol. The fraction of sp³-hybridized carbons (Fsp3) is 0.231. The second-order valence-corrected chi connectivity index (χ2v) is 5.99. The lowest BCUT2D eigenvalue weighted by Crippen LogP contribution is -1.98. The Morgan fingerprint density at radius 1 is 1.39 bits per heavy atom. The van der Waals surface area contributed by atoms with Gasteiger partial charge in [0.1, 0.15) is 6.10 Å². The maximum atomic E-state index is 13.6. The number of rotatable bonds is 3. The standard InChI is InChI=1S/C13H12BrFO2S/c1-7-9(14)6-12(18-7)13(16)8-3-4-11(17-2)10(15)5-8/h3-6,13,16H,1-2H3. The number of hydrogen-bond acceptors (Lipinski definition) is 3. The Balaban J connectivity index is 2.33. The molecule has 18 heavy (non-hydrogen) atoms. The molecule has 0 aliphatic rings. The summed E-state index contributed by atoms with van der Waals surface area (Å²) in [6.45, 7) is 1.96. The fourth-order valence-electron chi connectivity index (χ4n) is 1.63. The molecule has 0 fully saturated rings. The van der Waals surface area contributed by atoms with Crippen LogP contribution in [0.2, 0.25) is 0 Å². The van der Waals surface area contributed by atoms with Gasteiger partial charge in [0.2, 0.25) is 0 Å². The first kappa shape index (κ1) is 13.5. The molecule has 0 amide bonds. The summed E-state index contributed by atoms with van der Waals surface area (Å²) in [5.74, 6) is -0.295. The quantitative estimate of drug-likeness (QED) is 0.919. The third-order valence-corrected chi connectivity index (χ3v) is 4.83. The van der Waals surface area contributed by atoms with Gasteiger partial charge >= 0.3 is 0 Å². The van der Waals surface area contributed by atoms with Crippen molar-refractivity contribution in [3.8, 4) is 5.75 Å². The lowest BCUT2D eigenvalue weighted by atomic mass is 10.1. The number of aryl methyl sites for hydroxylation is 1. The monoisotopic (exact) mass is 330 g/mol. The van der Waals surface area contributed by atoms with E-state index in [2.05, 4.69) is 15.9 Å². The summed E-state index contributed by atoms with van der Waals surface area (Å²) in [6, 6.07) is 6.33. The lowest BCUT2D eigenvalue weighted by molar-refractivity contribution is 0.223. The van der Waals surface area contributed by atoms with Gasteiger partial charge in [-0.3, -0.25) is 0 Å². The summed E-state index contributed by atoms with van der Waals surface area (Å²) in [7, 11) is 1.41. The zero-order valence-electron chi connectivity index (χ0n) is 9.91. The van der Waals surface area contributed by atoms with Crippen molar-refractivity contribution in [1.82, 2.24) is 0 Å². The van der Waals surface area contributed by atoms with Crippen molar-refractivity contribution in [2.45, 2.75) is 13.0 Å². The zero-order valence-corrected chi connectivity index (χ0v) is 12.3. The minimum Gasteiger partial charge on any atom is -0.494 e. The topological polar surface area (TPSA) is 29.5 Å². The lowest BCUT2D eigenvalue weighted by Gasteiger charge is -2.10. The van der Waals surface area contributed by atoms with Crippen LogP contribution in [0.1, 0.15) is 21.4 Å². The SMILES string of the molecule is COc1ccc(C(O)c2cc(Br)c(C)s2)cc1F. The number of aliphatic hydroxyl groups excluding tert-OH is 1. The Morgan fingerprint density at radius 2 is 2.11 bits per heavy atom. The van der Waals surface area contributed by atoms with Gasteiger partial charge in [-0.15, -0.1) is 11.3 Å². The molecule has 2 nitrogen and oxygen atoms in total.